The number of carbonyl (C=O) groups is 1. The number of pyridine rings is 1. The van der Waals surface area contributed by atoms with Crippen LogP contribution in [0, 0.1) is 0 Å². The van der Waals surface area contributed by atoms with E-state index in [1.807, 2.05) is 0 Å². The Kier molecular flexibility index (Phi) is 7.15. The number of halogens is 2. The molecule has 3 N–H and O–H groups in total. The molecule has 0 saturated carbocycles. The predicted molar refractivity (Wildman–Crippen MR) is 93.4 cm³/mol. The largest absolute Gasteiger partial charge is 0.364 e. The summed E-state index contributed by atoms with van der Waals surface area (Å²) < 4.78 is 0. The van der Waals surface area contributed by atoms with Crippen molar-refractivity contribution < 1.29 is 4.79 Å². The van der Waals surface area contributed by atoms with Crippen LogP contribution in [0.3, 0.4) is 0 Å². The van der Waals surface area contributed by atoms with Gasteiger partial charge in [0, 0.05) is 55.9 Å². The van der Waals surface area contributed by atoms with Crippen molar-refractivity contribution in [1.29, 1.82) is 0 Å². The van der Waals surface area contributed by atoms with Crippen molar-refractivity contribution in [3.8, 4) is 11.1 Å². The van der Waals surface area contributed by atoms with Crippen LogP contribution < -0.4 is 16.0 Å². The summed E-state index contributed by atoms with van der Waals surface area (Å²) in [6.07, 6.45) is 5.14. The van der Waals surface area contributed by atoms with Crippen LogP contribution in [-0.2, 0) is 0 Å². The average molecular weight is 357 g/mol. The molecule has 1 saturated heterocycles. The topological polar surface area (TPSA) is 97.0 Å². The van der Waals surface area contributed by atoms with Gasteiger partial charge in [-0.2, -0.15) is 0 Å². The van der Waals surface area contributed by atoms with E-state index < -0.39 is 5.91 Å². The molecule has 23 heavy (non-hydrogen) atoms. The number of nitrogens with two attached hydrogens (primary N) is 1. The van der Waals surface area contributed by atoms with E-state index in [4.69, 9.17) is 5.73 Å². The molecule has 1 amide bonds. The van der Waals surface area contributed by atoms with Gasteiger partial charge in [0.1, 0.15) is 5.69 Å². The zero-order valence-corrected chi connectivity index (χ0v) is 13.9. The number of nitrogens with zero attached hydrogens (tertiary/aromatic N) is 4. The number of piperazine rings is 1. The van der Waals surface area contributed by atoms with Gasteiger partial charge >= 0.3 is 0 Å². The van der Waals surface area contributed by atoms with Crippen LogP contribution in [0.15, 0.2) is 30.7 Å². The number of nitrogens with one attached hydrogen (secondary N) is 1. The minimum atomic E-state index is -0.535. The fourth-order valence-electron chi connectivity index (χ4n) is 2.21. The molecular weight excluding hydrogens is 339 g/mol. The Bertz CT molecular complexity index is 629. The van der Waals surface area contributed by atoms with E-state index in [2.05, 4.69) is 25.2 Å². The summed E-state index contributed by atoms with van der Waals surface area (Å²) in [5.41, 5.74) is 7.13. The Labute approximate surface area is 146 Å². The molecular formula is C14H18Cl2N6O. The van der Waals surface area contributed by atoms with E-state index in [-0.39, 0.29) is 30.5 Å². The second-order valence-corrected chi connectivity index (χ2v) is 4.81. The molecule has 0 aliphatic carbocycles. The van der Waals surface area contributed by atoms with Crippen LogP contribution in [0.1, 0.15) is 10.5 Å². The Morgan fingerprint density at radius 3 is 2.13 bits per heavy atom. The molecule has 0 aromatic carbocycles. The van der Waals surface area contributed by atoms with Gasteiger partial charge in [0.25, 0.3) is 5.91 Å². The number of rotatable bonds is 3. The average Bonchev–Trinajstić information content (AvgIpc) is 2.56. The maximum atomic E-state index is 11.0. The lowest BCUT2D eigenvalue weighted by Gasteiger charge is -2.27. The monoisotopic (exact) mass is 356 g/mol. The van der Waals surface area contributed by atoms with Gasteiger partial charge in [-0.05, 0) is 6.07 Å². The molecule has 3 rings (SSSR count). The predicted octanol–water partition coefficient (Wildman–Crippen LogP) is 0.891. The standard InChI is InChI=1S/C14H16N6O.2ClH/c15-13(21)12-2-1-10(7-17-12)11-8-18-14(19-9-11)20-5-3-16-4-6-20;;/h1-2,7-9,16H,3-6H2,(H2,15,21);2*1H. The molecule has 3 heterocycles. The van der Waals surface area contributed by atoms with E-state index in [9.17, 15) is 4.79 Å². The van der Waals surface area contributed by atoms with Gasteiger partial charge < -0.3 is 16.0 Å². The van der Waals surface area contributed by atoms with Crippen molar-refractivity contribution >= 4 is 36.7 Å². The van der Waals surface area contributed by atoms with E-state index >= 15 is 0 Å². The van der Waals surface area contributed by atoms with E-state index in [1.165, 1.54) is 0 Å². The highest BCUT2D eigenvalue weighted by Gasteiger charge is 2.13. The number of aromatic nitrogens is 3. The molecule has 1 aliphatic heterocycles. The van der Waals surface area contributed by atoms with E-state index in [0.717, 1.165) is 43.3 Å². The number of hydrogen-bond acceptors (Lipinski definition) is 6. The molecule has 0 spiro atoms. The molecule has 1 aliphatic rings. The molecule has 9 heteroatoms. The first kappa shape index (κ1) is 19.1. The van der Waals surface area contributed by atoms with Gasteiger partial charge in [-0.1, -0.05) is 6.07 Å². The summed E-state index contributed by atoms with van der Waals surface area (Å²) >= 11 is 0. The Morgan fingerprint density at radius 2 is 1.61 bits per heavy atom. The third-order valence-corrected chi connectivity index (χ3v) is 3.39. The lowest BCUT2D eigenvalue weighted by Crippen LogP contribution is -2.44. The molecule has 2 aromatic heterocycles. The number of primary amides is 1. The lowest BCUT2D eigenvalue weighted by atomic mass is 10.1. The van der Waals surface area contributed by atoms with E-state index in [0.29, 0.717) is 0 Å². The number of hydrogen-bond donors (Lipinski definition) is 2. The summed E-state index contributed by atoms with van der Waals surface area (Å²) in [5.74, 6) is 0.203. The molecule has 124 valence electrons. The summed E-state index contributed by atoms with van der Waals surface area (Å²) in [5, 5.41) is 3.29. The van der Waals surface area contributed by atoms with Gasteiger partial charge in [0.2, 0.25) is 5.95 Å². The highest BCUT2D eigenvalue weighted by atomic mass is 35.5. The van der Waals surface area contributed by atoms with Gasteiger partial charge in [0.05, 0.1) is 0 Å². The zero-order valence-electron chi connectivity index (χ0n) is 12.3. The normalized spacial score (nSPS) is 13.7. The maximum Gasteiger partial charge on any atom is 0.267 e. The van der Waals surface area contributed by atoms with Crippen molar-refractivity contribution in [3.05, 3.63) is 36.4 Å². The smallest absolute Gasteiger partial charge is 0.267 e. The molecule has 0 atom stereocenters. The first-order valence-electron chi connectivity index (χ1n) is 6.78. The first-order chi connectivity index (χ1) is 10.2. The van der Waals surface area contributed by atoms with Crippen LogP contribution in [0.4, 0.5) is 5.95 Å². The Balaban J connectivity index is 0.00000132. The molecule has 2 aromatic rings. The fraction of sp³-hybridized carbons (Fsp3) is 0.286. The molecule has 0 bridgehead atoms. The highest BCUT2D eigenvalue weighted by Crippen LogP contribution is 2.18. The third kappa shape index (κ3) is 4.51. The number of anilines is 1. The highest BCUT2D eigenvalue weighted by molar-refractivity contribution is 5.91. The van der Waals surface area contributed by atoms with Crippen LogP contribution in [-0.4, -0.2) is 47.0 Å². The van der Waals surface area contributed by atoms with Crippen LogP contribution in [0.2, 0.25) is 0 Å². The Hall–Kier alpha value is -1.96. The van der Waals surface area contributed by atoms with Crippen molar-refractivity contribution in [2.45, 2.75) is 0 Å². The van der Waals surface area contributed by atoms with Crippen molar-refractivity contribution in [3.63, 3.8) is 0 Å². The lowest BCUT2D eigenvalue weighted by molar-refractivity contribution is 0.0995. The van der Waals surface area contributed by atoms with E-state index in [1.54, 1.807) is 30.7 Å². The van der Waals surface area contributed by atoms with Crippen molar-refractivity contribution in [2.75, 3.05) is 31.1 Å². The number of carbonyl (C=O) groups excluding carboxylic acids is 1. The minimum Gasteiger partial charge on any atom is -0.364 e. The van der Waals surface area contributed by atoms with Crippen molar-refractivity contribution in [2.24, 2.45) is 5.73 Å². The zero-order chi connectivity index (χ0) is 14.7. The summed E-state index contributed by atoms with van der Waals surface area (Å²) in [7, 11) is 0. The quantitative estimate of drug-likeness (QED) is 0.847. The summed E-state index contributed by atoms with van der Waals surface area (Å²) in [4.78, 5) is 26.0. The number of amides is 1. The second kappa shape index (κ2) is 8.61. The van der Waals surface area contributed by atoms with Gasteiger partial charge in [-0.3, -0.25) is 9.78 Å². The van der Waals surface area contributed by atoms with Gasteiger partial charge in [-0.25, -0.2) is 9.97 Å². The molecule has 0 unspecified atom stereocenters. The van der Waals surface area contributed by atoms with Gasteiger partial charge in [-0.15, -0.1) is 24.8 Å². The van der Waals surface area contributed by atoms with Crippen LogP contribution in [0.25, 0.3) is 11.1 Å². The van der Waals surface area contributed by atoms with Crippen molar-refractivity contribution in [1.82, 2.24) is 20.3 Å². The van der Waals surface area contributed by atoms with Crippen LogP contribution >= 0.6 is 24.8 Å². The molecule has 7 nitrogen and oxygen atoms in total. The van der Waals surface area contributed by atoms with Gasteiger partial charge in [0.15, 0.2) is 0 Å². The first-order valence-corrected chi connectivity index (χ1v) is 6.78. The van der Waals surface area contributed by atoms with Crippen LogP contribution in [0.5, 0.6) is 0 Å². The minimum absolute atomic E-state index is 0. The summed E-state index contributed by atoms with van der Waals surface area (Å²) in [6, 6.07) is 3.39. The SMILES string of the molecule is Cl.Cl.NC(=O)c1ccc(-c2cnc(N3CCNCC3)nc2)cn1. The fourth-order valence-corrected chi connectivity index (χ4v) is 2.21. The summed E-state index contributed by atoms with van der Waals surface area (Å²) in [6.45, 7) is 3.72. The molecule has 0 radical (unpaired) electrons. The molecule has 1 fully saturated rings. The Morgan fingerprint density at radius 1 is 1.00 bits per heavy atom. The maximum absolute atomic E-state index is 11.0. The second-order valence-electron chi connectivity index (χ2n) is 4.81. The third-order valence-electron chi connectivity index (χ3n) is 3.39.